The molecule has 114 valence electrons. The standard InChI is InChI=1S/C17H25BO3/c1-7-8-11-19-14-9-10-15(13(2)12-14)18-20-16(3,4)17(5,6)21-18/h7-10,12H,11H2,1-6H3/b8-7+. The van der Waals surface area contributed by atoms with Crippen molar-refractivity contribution in [3.8, 4) is 5.75 Å². The Labute approximate surface area is 128 Å². The Balaban J connectivity index is 2.15. The van der Waals surface area contributed by atoms with E-state index in [-0.39, 0.29) is 18.3 Å². The third-order valence-electron chi connectivity index (χ3n) is 4.33. The fourth-order valence-electron chi connectivity index (χ4n) is 2.21. The van der Waals surface area contributed by atoms with Crippen LogP contribution in [-0.2, 0) is 9.31 Å². The fraction of sp³-hybridized carbons (Fsp3) is 0.529. The molecule has 0 saturated carbocycles. The van der Waals surface area contributed by atoms with Crippen LogP contribution in [-0.4, -0.2) is 24.9 Å². The Morgan fingerprint density at radius 2 is 1.76 bits per heavy atom. The molecule has 1 saturated heterocycles. The molecule has 0 amide bonds. The summed E-state index contributed by atoms with van der Waals surface area (Å²) in [5, 5.41) is 0. The summed E-state index contributed by atoms with van der Waals surface area (Å²) in [6.07, 6.45) is 3.96. The predicted octanol–water partition coefficient (Wildman–Crippen LogP) is 3.25. The highest BCUT2D eigenvalue weighted by molar-refractivity contribution is 6.62. The smallest absolute Gasteiger partial charge is 0.490 e. The molecule has 0 spiro atoms. The maximum atomic E-state index is 6.10. The highest BCUT2D eigenvalue weighted by Crippen LogP contribution is 2.36. The molecule has 0 N–H and O–H groups in total. The second-order valence-electron chi connectivity index (χ2n) is 6.49. The van der Waals surface area contributed by atoms with Gasteiger partial charge in [0.15, 0.2) is 0 Å². The van der Waals surface area contributed by atoms with Crippen LogP contribution in [0.1, 0.15) is 40.2 Å². The Morgan fingerprint density at radius 1 is 1.14 bits per heavy atom. The van der Waals surface area contributed by atoms with Crippen molar-refractivity contribution >= 4 is 12.6 Å². The van der Waals surface area contributed by atoms with Crippen molar-refractivity contribution in [1.29, 1.82) is 0 Å². The molecule has 4 heteroatoms. The first-order valence-electron chi connectivity index (χ1n) is 7.47. The molecule has 1 aromatic rings. The van der Waals surface area contributed by atoms with Crippen molar-refractivity contribution in [2.75, 3.05) is 6.61 Å². The Morgan fingerprint density at radius 3 is 2.29 bits per heavy atom. The van der Waals surface area contributed by atoms with E-state index in [1.54, 1.807) is 0 Å². The largest absolute Gasteiger partial charge is 0.495 e. The van der Waals surface area contributed by atoms with Gasteiger partial charge in [-0.25, -0.2) is 0 Å². The first-order valence-corrected chi connectivity index (χ1v) is 7.47. The molecule has 1 heterocycles. The highest BCUT2D eigenvalue weighted by atomic mass is 16.7. The van der Waals surface area contributed by atoms with Gasteiger partial charge < -0.3 is 14.0 Å². The van der Waals surface area contributed by atoms with Crippen molar-refractivity contribution in [2.24, 2.45) is 0 Å². The second-order valence-corrected chi connectivity index (χ2v) is 6.49. The minimum Gasteiger partial charge on any atom is -0.490 e. The van der Waals surface area contributed by atoms with Crippen molar-refractivity contribution in [3.63, 3.8) is 0 Å². The first-order chi connectivity index (χ1) is 9.77. The summed E-state index contributed by atoms with van der Waals surface area (Å²) >= 11 is 0. The van der Waals surface area contributed by atoms with Crippen molar-refractivity contribution < 1.29 is 14.0 Å². The van der Waals surface area contributed by atoms with E-state index < -0.39 is 0 Å². The zero-order chi connectivity index (χ0) is 15.7. The molecule has 0 aromatic heterocycles. The van der Waals surface area contributed by atoms with E-state index in [1.165, 1.54) is 0 Å². The maximum absolute atomic E-state index is 6.10. The van der Waals surface area contributed by atoms with Crippen molar-refractivity contribution in [2.45, 2.75) is 52.7 Å². The summed E-state index contributed by atoms with van der Waals surface area (Å²) in [6, 6.07) is 6.03. The summed E-state index contributed by atoms with van der Waals surface area (Å²) in [5.41, 5.74) is 1.55. The third-order valence-corrected chi connectivity index (χ3v) is 4.33. The van der Waals surface area contributed by atoms with Crippen LogP contribution in [0.3, 0.4) is 0 Å². The summed E-state index contributed by atoms with van der Waals surface area (Å²) in [4.78, 5) is 0. The molecule has 1 fully saturated rings. The molecule has 0 radical (unpaired) electrons. The molecule has 1 aliphatic rings. The van der Waals surface area contributed by atoms with E-state index in [0.717, 1.165) is 16.8 Å². The minimum absolute atomic E-state index is 0.314. The van der Waals surface area contributed by atoms with E-state index >= 15 is 0 Å². The molecule has 3 nitrogen and oxygen atoms in total. The number of allylic oxidation sites excluding steroid dienone is 1. The van der Waals surface area contributed by atoms with Crippen LogP contribution in [0, 0.1) is 6.92 Å². The average molecular weight is 288 g/mol. The van der Waals surface area contributed by atoms with Gasteiger partial charge in [-0.3, -0.25) is 0 Å². The Bertz CT molecular complexity index is 519. The third kappa shape index (κ3) is 3.33. The van der Waals surface area contributed by atoms with Gasteiger partial charge in [0.2, 0.25) is 0 Å². The number of rotatable bonds is 4. The highest BCUT2D eigenvalue weighted by Gasteiger charge is 2.52. The predicted molar refractivity (Wildman–Crippen MR) is 87.2 cm³/mol. The molecule has 0 bridgehead atoms. The molecule has 0 atom stereocenters. The van der Waals surface area contributed by atoms with Gasteiger partial charge in [-0.2, -0.15) is 0 Å². The zero-order valence-corrected chi connectivity index (χ0v) is 13.9. The number of hydrogen-bond acceptors (Lipinski definition) is 3. The van der Waals surface area contributed by atoms with Crippen LogP contribution < -0.4 is 10.2 Å². The van der Waals surface area contributed by atoms with Gasteiger partial charge in [-0.05, 0) is 64.7 Å². The lowest BCUT2D eigenvalue weighted by Gasteiger charge is -2.32. The van der Waals surface area contributed by atoms with Gasteiger partial charge in [0, 0.05) is 0 Å². The lowest BCUT2D eigenvalue weighted by atomic mass is 9.76. The maximum Gasteiger partial charge on any atom is 0.495 e. The molecule has 1 aromatic carbocycles. The summed E-state index contributed by atoms with van der Waals surface area (Å²) < 4.78 is 17.8. The molecule has 0 aliphatic carbocycles. The van der Waals surface area contributed by atoms with E-state index in [1.807, 2.05) is 37.3 Å². The van der Waals surface area contributed by atoms with E-state index in [0.29, 0.717) is 6.61 Å². The second kappa shape index (κ2) is 5.86. The van der Waals surface area contributed by atoms with Crippen LogP contribution in [0.2, 0.25) is 0 Å². The van der Waals surface area contributed by atoms with Gasteiger partial charge in [-0.1, -0.05) is 18.2 Å². The van der Waals surface area contributed by atoms with Crippen LogP contribution in [0.25, 0.3) is 0 Å². The SMILES string of the molecule is C/C=C/COc1ccc(B2OC(C)(C)C(C)(C)O2)c(C)c1. The van der Waals surface area contributed by atoms with Crippen LogP contribution in [0.15, 0.2) is 30.4 Å². The molecule has 21 heavy (non-hydrogen) atoms. The van der Waals surface area contributed by atoms with Gasteiger partial charge in [0.05, 0.1) is 11.2 Å². The van der Waals surface area contributed by atoms with Gasteiger partial charge >= 0.3 is 7.12 Å². The van der Waals surface area contributed by atoms with Crippen LogP contribution in [0.5, 0.6) is 5.75 Å². The summed E-state index contributed by atoms with van der Waals surface area (Å²) in [5.74, 6) is 0.867. The molecule has 0 unspecified atom stereocenters. The lowest BCUT2D eigenvalue weighted by molar-refractivity contribution is 0.00578. The normalized spacial score (nSPS) is 20.2. The molecular formula is C17H25BO3. The monoisotopic (exact) mass is 288 g/mol. The Hall–Kier alpha value is -1.26. The zero-order valence-electron chi connectivity index (χ0n) is 13.9. The van der Waals surface area contributed by atoms with E-state index in [9.17, 15) is 0 Å². The Kier molecular flexibility index (Phi) is 4.50. The number of aryl methyl sites for hydroxylation is 1. The molecule has 2 rings (SSSR count). The summed E-state index contributed by atoms with van der Waals surface area (Å²) in [6.45, 7) is 12.9. The topological polar surface area (TPSA) is 27.7 Å². The molecular weight excluding hydrogens is 263 g/mol. The van der Waals surface area contributed by atoms with E-state index in [2.05, 4.69) is 34.6 Å². The first kappa shape index (κ1) is 16.1. The number of ether oxygens (including phenoxy) is 1. The number of hydrogen-bond donors (Lipinski definition) is 0. The van der Waals surface area contributed by atoms with Crippen molar-refractivity contribution in [3.05, 3.63) is 35.9 Å². The van der Waals surface area contributed by atoms with E-state index in [4.69, 9.17) is 14.0 Å². The van der Waals surface area contributed by atoms with Gasteiger partial charge in [0.1, 0.15) is 12.4 Å². The lowest BCUT2D eigenvalue weighted by Crippen LogP contribution is -2.41. The summed E-state index contributed by atoms with van der Waals surface area (Å²) in [7, 11) is -0.320. The molecule has 1 aliphatic heterocycles. The minimum atomic E-state index is -0.320. The number of benzene rings is 1. The quantitative estimate of drug-likeness (QED) is 0.629. The van der Waals surface area contributed by atoms with Crippen LogP contribution >= 0.6 is 0 Å². The van der Waals surface area contributed by atoms with Gasteiger partial charge in [0.25, 0.3) is 0 Å². The van der Waals surface area contributed by atoms with Crippen molar-refractivity contribution in [1.82, 2.24) is 0 Å². The fourth-order valence-corrected chi connectivity index (χ4v) is 2.21. The average Bonchev–Trinajstić information content (AvgIpc) is 2.58. The van der Waals surface area contributed by atoms with Crippen LogP contribution in [0.4, 0.5) is 0 Å². The van der Waals surface area contributed by atoms with Gasteiger partial charge in [-0.15, -0.1) is 0 Å².